The van der Waals surface area contributed by atoms with Crippen molar-refractivity contribution in [2.75, 3.05) is 0 Å². The first-order chi connectivity index (χ1) is 16.1. The molecular weight excluding hydrogens is 493 g/mol. The van der Waals surface area contributed by atoms with Crippen LogP contribution >= 0.6 is 23.2 Å². The van der Waals surface area contributed by atoms with Gasteiger partial charge in [-0.15, -0.1) is 0 Å². The van der Waals surface area contributed by atoms with E-state index < -0.39 is 29.7 Å². The van der Waals surface area contributed by atoms with Gasteiger partial charge in [-0.3, -0.25) is 14.5 Å². The summed E-state index contributed by atoms with van der Waals surface area (Å²) in [4.78, 5) is 25.9. The van der Waals surface area contributed by atoms with E-state index in [1.54, 1.807) is 12.1 Å². The molecule has 2 amide bonds. The summed E-state index contributed by atoms with van der Waals surface area (Å²) in [7, 11) is 0. The summed E-state index contributed by atoms with van der Waals surface area (Å²) in [5.41, 5.74) is 0.614. The van der Waals surface area contributed by atoms with Crippen molar-refractivity contribution in [3.05, 3.63) is 110 Å². The predicted octanol–water partition coefficient (Wildman–Crippen LogP) is 7.29. The number of benzene rings is 3. The summed E-state index contributed by atoms with van der Waals surface area (Å²) in [5.74, 6) is -3.79. The first-order valence-corrected chi connectivity index (χ1v) is 10.8. The maximum absolute atomic E-state index is 14.7. The van der Waals surface area contributed by atoms with Crippen LogP contribution in [0.15, 0.2) is 66.7 Å². The van der Waals surface area contributed by atoms with E-state index in [-0.39, 0.29) is 44.4 Å². The molecule has 3 nitrogen and oxygen atoms in total. The van der Waals surface area contributed by atoms with Crippen LogP contribution in [0.5, 0.6) is 0 Å². The van der Waals surface area contributed by atoms with Crippen molar-refractivity contribution in [3.63, 3.8) is 0 Å². The van der Waals surface area contributed by atoms with Gasteiger partial charge in [0.1, 0.15) is 5.82 Å². The van der Waals surface area contributed by atoms with Gasteiger partial charge in [-0.1, -0.05) is 65.7 Å². The van der Waals surface area contributed by atoms with E-state index >= 15 is 0 Å². The fourth-order valence-corrected chi connectivity index (χ4v) is 3.98. The van der Waals surface area contributed by atoms with Crippen LogP contribution in [0.25, 0.3) is 6.08 Å². The number of alkyl halides is 3. The molecule has 9 heteroatoms. The van der Waals surface area contributed by atoms with E-state index in [0.29, 0.717) is 0 Å². The molecule has 1 unspecified atom stereocenters. The van der Waals surface area contributed by atoms with Gasteiger partial charge in [0.25, 0.3) is 11.8 Å². The zero-order valence-electron chi connectivity index (χ0n) is 17.2. The second-order valence-electron chi connectivity index (χ2n) is 7.64. The molecular formula is C25H15Cl2F4NO2. The Labute approximate surface area is 202 Å². The third kappa shape index (κ3) is 4.72. The number of allylic oxidation sites excluding steroid dienone is 1. The van der Waals surface area contributed by atoms with Crippen molar-refractivity contribution in [1.29, 1.82) is 0 Å². The first-order valence-electron chi connectivity index (χ1n) is 10.00. The van der Waals surface area contributed by atoms with Crippen LogP contribution in [-0.2, 0) is 6.54 Å². The van der Waals surface area contributed by atoms with Crippen LogP contribution in [-0.4, -0.2) is 22.9 Å². The molecule has 174 valence electrons. The van der Waals surface area contributed by atoms with Gasteiger partial charge in [-0.05, 0) is 41.5 Å². The molecule has 0 radical (unpaired) electrons. The van der Waals surface area contributed by atoms with Gasteiger partial charge < -0.3 is 0 Å². The Hall–Kier alpha value is -3.16. The van der Waals surface area contributed by atoms with Crippen LogP contribution in [0.1, 0.15) is 43.3 Å². The minimum Gasteiger partial charge on any atom is -0.270 e. The van der Waals surface area contributed by atoms with E-state index in [4.69, 9.17) is 23.2 Å². The number of hydrogen-bond donors (Lipinski definition) is 0. The molecule has 0 fully saturated rings. The lowest BCUT2D eigenvalue weighted by Crippen LogP contribution is -2.29. The number of amides is 2. The predicted molar refractivity (Wildman–Crippen MR) is 121 cm³/mol. The number of imide groups is 1. The molecule has 4 rings (SSSR count). The van der Waals surface area contributed by atoms with Crippen molar-refractivity contribution in [3.8, 4) is 0 Å². The van der Waals surface area contributed by atoms with Crippen LogP contribution in [0.2, 0.25) is 10.0 Å². The maximum Gasteiger partial charge on any atom is 0.399 e. The molecule has 3 aromatic rings. The van der Waals surface area contributed by atoms with Crippen LogP contribution in [0, 0.1) is 5.82 Å². The largest absolute Gasteiger partial charge is 0.399 e. The molecule has 0 N–H and O–H groups in total. The summed E-state index contributed by atoms with van der Waals surface area (Å²) < 4.78 is 55.6. The van der Waals surface area contributed by atoms with Crippen LogP contribution in [0.3, 0.4) is 0 Å². The van der Waals surface area contributed by atoms with E-state index in [9.17, 15) is 27.2 Å². The van der Waals surface area contributed by atoms with Gasteiger partial charge in [-0.25, -0.2) is 4.39 Å². The standard InChI is InChI=1S/C25H15Cl2F4NO2/c26-20-10-8-15(12-21(20)27)19(25(29,30)31)9-6-14-5-7-16(22(28)11-14)13-32-23(33)17-3-1-2-4-18(17)24(32)34/h1-12,19H,13H2/b9-6+. The summed E-state index contributed by atoms with van der Waals surface area (Å²) in [5, 5.41) is 0.122. The molecule has 1 aliphatic heterocycles. The molecule has 1 heterocycles. The van der Waals surface area contributed by atoms with Crippen molar-refractivity contribution in [2.24, 2.45) is 0 Å². The molecule has 0 aliphatic carbocycles. The van der Waals surface area contributed by atoms with Crippen molar-refractivity contribution < 1.29 is 27.2 Å². The normalized spacial score (nSPS) is 14.7. The number of fused-ring (bicyclic) bond motifs is 1. The zero-order valence-corrected chi connectivity index (χ0v) is 18.8. The summed E-state index contributed by atoms with van der Waals surface area (Å²) in [6, 6.07) is 13.7. The SMILES string of the molecule is O=C1c2ccccc2C(=O)N1Cc1ccc(/C=C/C(c2ccc(Cl)c(Cl)c2)C(F)(F)F)cc1F. The van der Waals surface area contributed by atoms with E-state index in [0.717, 1.165) is 29.2 Å². The third-order valence-corrected chi connectivity index (χ3v) is 6.16. The van der Waals surface area contributed by atoms with Gasteiger partial charge in [-0.2, -0.15) is 13.2 Å². The van der Waals surface area contributed by atoms with Crippen LogP contribution in [0.4, 0.5) is 17.6 Å². The first kappa shape index (κ1) is 24.0. The molecule has 34 heavy (non-hydrogen) atoms. The fraction of sp³-hybridized carbons (Fsp3) is 0.120. The minimum atomic E-state index is -4.61. The zero-order chi connectivity index (χ0) is 24.6. The molecule has 3 aromatic carbocycles. The van der Waals surface area contributed by atoms with Gasteiger partial charge in [0.15, 0.2) is 0 Å². The van der Waals surface area contributed by atoms with Crippen molar-refractivity contribution in [1.82, 2.24) is 4.90 Å². The summed E-state index contributed by atoms with van der Waals surface area (Å²) in [6.45, 7) is -0.295. The Balaban J connectivity index is 1.55. The monoisotopic (exact) mass is 507 g/mol. The molecule has 0 aromatic heterocycles. The molecule has 1 aliphatic rings. The van der Waals surface area contributed by atoms with Gasteiger partial charge in [0.05, 0.1) is 33.6 Å². The Morgan fingerprint density at radius 1 is 0.882 bits per heavy atom. The Bertz CT molecular complexity index is 1290. The molecule has 0 spiro atoms. The average Bonchev–Trinajstić information content (AvgIpc) is 3.02. The maximum atomic E-state index is 14.7. The summed E-state index contributed by atoms with van der Waals surface area (Å²) in [6.07, 6.45) is -2.56. The van der Waals surface area contributed by atoms with Crippen molar-refractivity contribution >= 4 is 41.1 Å². The lowest BCUT2D eigenvalue weighted by Gasteiger charge is -2.18. The fourth-order valence-electron chi connectivity index (χ4n) is 3.67. The number of hydrogen-bond acceptors (Lipinski definition) is 2. The van der Waals surface area contributed by atoms with Gasteiger partial charge >= 0.3 is 6.18 Å². The smallest absolute Gasteiger partial charge is 0.270 e. The highest BCUT2D eigenvalue weighted by Crippen LogP contribution is 2.38. The topological polar surface area (TPSA) is 37.4 Å². The van der Waals surface area contributed by atoms with Crippen molar-refractivity contribution in [2.45, 2.75) is 18.6 Å². The average molecular weight is 508 g/mol. The van der Waals surface area contributed by atoms with Crippen LogP contribution < -0.4 is 0 Å². The van der Waals surface area contributed by atoms with E-state index in [2.05, 4.69) is 0 Å². The Morgan fingerprint density at radius 2 is 1.53 bits per heavy atom. The minimum absolute atomic E-state index is 0.00891. The van der Waals surface area contributed by atoms with E-state index in [1.807, 2.05) is 0 Å². The molecule has 0 saturated carbocycles. The van der Waals surface area contributed by atoms with Gasteiger partial charge in [0.2, 0.25) is 0 Å². The number of carbonyl (C=O) groups excluding carboxylic acids is 2. The quantitative estimate of drug-likeness (QED) is 0.268. The lowest BCUT2D eigenvalue weighted by atomic mass is 9.97. The molecule has 0 saturated heterocycles. The Morgan fingerprint density at radius 3 is 2.09 bits per heavy atom. The highest BCUT2D eigenvalue weighted by atomic mass is 35.5. The Kier molecular flexibility index (Phi) is 6.51. The third-order valence-electron chi connectivity index (χ3n) is 5.42. The molecule has 0 bridgehead atoms. The molecule has 1 atom stereocenters. The van der Waals surface area contributed by atoms with Gasteiger partial charge in [0, 0.05) is 5.56 Å². The highest BCUT2D eigenvalue weighted by molar-refractivity contribution is 6.42. The number of carbonyl (C=O) groups is 2. The highest BCUT2D eigenvalue weighted by Gasteiger charge is 2.39. The second kappa shape index (κ2) is 9.24. The van der Waals surface area contributed by atoms with E-state index in [1.165, 1.54) is 36.4 Å². The summed E-state index contributed by atoms with van der Waals surface area (Å²) >= 11 is 11.6. The lowest BCUT2D eigenvalue weighted by molar-refractivity contribution is -0.139. The number of halogens is 6. The second-order valence-corrected chi connectivity index (χ2v) is 8.46. The number of nitrogens with zero attached hydrogens (tertiary/aromatic N) is 1. The number of rotatable bonds is 5.